The fourth-order valence-electron chi connectivity index (χ4n) is 2.00. The minimum absolute atomic E-state index is 0.0130. The van der Waals surface area contributed by atoms with Gasteiger partial charge in [-0.25, -0.2) is 4.39 Å². The van der Waals surface area contributed by atoms with Crippen LogP contribution < -0.4 is 8.92 Å². The third-order valence-electron chi connectivity index (χ3n) is 3.16. The molecule has 0 unspecified atom stereocenters. The lowest BCUT2D eigenvalue weighted by Crippen LogP contribution is -2.15. The SMILES string of the molecule is CCOc1cc(C#N)cc(Br)c1OS(=O)(=O)c1cc(C(F)(F)F)ccc1F. The molecule has 0 N–H and O–H groups in total. The highest BCUT2D eigenvalue weighted by atomic mass is 79.9. The van der Waals surface area contributed by atoms with E-state index in [-0.39, 0.29) is 28.5 Å². The van der Waals surface area contributed by atoms with Crippen molar-refractivity contribution in [2.75, 3.05) is 6.61 Å². The maximum atomic E-state index is 13.9. The number of hydrogen-bond acceptors (Lipinski definition) is 5. The van der Waals surface area contributed by atoms with Crippen LogP contribution >= 0.6 is 15.9 Å². The summed E-state index contributed by atoms with van der Waals surface area (Å²) in [5.41, 5.74) is -1.24. The second kappa shape index (κ2) is 7.74. The van der Waals surface area contributed by atoms with Crippen molar-refractivity contribution >= 4 is 26.0 Å². The maximum absolute atomic E-state index is 13.9. The number of ether oxygens (including phenoxy) is 1. The second-order valence-electron chi connectivity index (χ2n) is 5.01. The van der Waals surface area contributed by atoms with E-state index in [0.29, 0.717) is 12.1 Å². The van der Waals surface area contributed by atoms with Gasteiger partial charge in [0, 0.05) is 6.07 Å². The minimum Gasteiger partial charge on any atom is -0.490 e. The van der Waals surface area contributed by atoms with E-state index in [4.69, 9.17) is 14.2 Å². The highest BCUT2D eigenvalue weighted by Crippen LogP contribution is 2.39. The first-order valence-electron chi connectivity index (χ1n) is 7.17. The Morgan fingerprint density at radius 3 is 2.44 bits per heavy atom. The summed E-state index contributed by atoms with van der Waals surface area (Å²) in [7, 11) is -4.98. The number of hydrogen-bond donors (Lipinski definition) is 0. The minimum atomic E-state index is -4.98. The zero-order valence-corrected chi connectivity index (χ0v) is 15.9. The highest BCUT2D eigenvalue weighted by Gasteiger charge is 2.34. The van der Waals surface area contributed by atoms with Gasteiger partial charge in [-0.3, -0.25) is 0 Å². The van der Waals surface area contributed by atoms with Crippen molar-refractivity contribution in [3.8, 4) is 17.6 Å². The van der Waals surface area contributed by atoms with E-state index in [0.717, 1.165) is 0 Å². The topological polar surface area (TPSA) is 76.4 Å². The average molecular weight is 468 g/mol. The first kappa shape index (κ1) is 21.0. The van der Waals surface area contributed by atoms with E-state index in [9.17, 15) is 26.0 Å². The van der Waals surface area contributed by atoms with Gasteiger partial charge in [-0.2, -0.15) is 26.9 Å². The molecule has 11 heteroatoms. The van der Waals surface area contributed by atoms with Crippen molar-refractivity contribution in [1.29, 1.82) is 5.26 Å². The Morgan fingerprint density at radius 2 is 1.89 bits per heavy atom. The van der Waals surface area contributed by atoms with Crippen LogP contribution in [0.25, 0.3) is 0 Å². The first-order valence-corrected chi connectivity index (χ1v) is 9.37. The summed E-state index contributed by atoms with van der Waals surface area (Å²) in [4.78, 5) is -1.28. The number of rotatable bonds is 5. The van der Waals surface area contributed by atoms with Crippen LogP contribution in [0.1, 0.15) is 18.1 Å². The van der Waals surface area contributed by atoms with Crippen LogP contribution in [-0.4, -0.2) is 15.0 Å². The molecular formula is C16H10BrF4NO4S. The third kappa shape index (κ3) is 4.70. The molecule has 0 heterocycles. The predicted octanol–water partition coefficient (Wildman–Crippen LogP) is 4.65. The summed E-state index contributed by atoms with van der Waals surface area (Å²) in [6.07, 6.45) is -4.87. The predicted molar refractivity (Wildman–Crippen MR) is 89.2 cm³/mol. The Morgan fingerprint density at radius 1 is 1.22 bits per heavy atom. The molecule has 2 aromatic rings. The maximum Gasteiger partial charge on any atom is 0.416 e. The Balaban J connectivity index is 2.56. The van der Waals surface area contributed by atoms with Crippen LogP contribution in [0.4, 0.5) is 17.6 Å². The summed E-state index contributed by atoms with van der Waals surface area (Å²) in [5.74, 6) is -1.99. The number of nitrogens with zero attached hydrogens (tertiary/aromatic N) is 1. The van der Waals surface area contributed by atoms with E-state index >= 15 is 0 Å². The molecule has 0 fully saturated rings. The number of halogens is 5. The van der Waals surface area contributed by atoms with Crippen LogP contribution in [0.5, 0.6) is 11.5 Å². The molecule has 0 saturated heterocycles. The van der Waals surface area contributed by atoms with Crippen molar-refractivity contribution < 1.29 is 34.9 Å². The summed E-state index contributed by atoms with van der Waals surface area (Å²) in [6, 6.07) is 5.16. The fraction of sp³-hybridized carbons (Fsp3) is 0.188. The number of benzene rings is 2. The second-order valence-corrected chi connectivity index (χ2v) is 7.38. The molecule has 27 heavy (non-hydrogen) atoms. The van der Waals surface area contributed by atoms with Crippen molar-refractivity contribution in [3.63, 3.8) is 0 Å². The van der Waals surface area contributed by atoms with Crippen LogP contribution in [0.15, 0.2) is 39.7 Å². The molecule has 0 aliphatic heterocycles. The molecular weight excluding hydrogens is 458 g/mol. The van der Waals surface area contributed by atoms with Gasteiger partial charge < -0.3 is 8.92 Å². The fourth-order valence-corrected chi connectivity index (χ4v) is 3.69. The summed E-state index contributed by atoms with van der Waals surface area (Å²) in [6.45, 7) is 1.66. The molecule has 0 aliphatic carbocycles. The largest absolute Gasteiger partial charge is 0.490 e. The van der Waals surface area contributed by atoms with Crippen molar-refractivity contribution in [3.05, 3.63) is 51.7 Å². The monoisotopic (exact) mass is 467 g/mol. The molecule has 0 radical (unpaired) electrons. The molecule has 0 atom stereocenters. The van der Waals surface area contributed by atoms with Gasteiger partial charge in [-0.05, 0) is 47.1 Å². The Labute approximate surface area is 160 Å². The molecule has 0 bridgehead atoms. The number of nitriles is 1. The standard InChI is InChI=1S/C16H10BrF4NO4S/c1-2-25-13-6-9(8-22)5-11(17)15(13)26-27(23,24)14-7-10(16(19,20)21)3-4-12(14)18/h3-7H,2H2,1H3. The molecule has 0 aliphatic rings. The molecule has 2 rings (SSSR count). The first-order chi connectivity index (χ1) is 12.5. The van der Waals surface area contributed by atoms with E-state index in [1.165, 1.54) is 12.1 Å². The zero-order valence-electron chi connectivity index (χ0n) is 13.5. The van der Waals surface area contributed by atoms with Gasteiger partial charge in [-0.1, -0.05) is 0 Å². The van der Waals surface area contributed by atoms with Gasteiger partial charge in [0.1, 0.15) is 10.7 Å². The Kier molecular flexibility index (Phi) is 6.01. The van der Waals surface area contributed by atoms with Gasteiger partial charge in [0.05, 0.1) is 28.3 Å². The van der Waals surface area contributed by atoms with Gasteiger partial charge in [0.25, 0.3) is 0 Å². The highest BCUT2D eigenvalue weighted by molar-refractivity contribution is 9.10. The van der Waals surface area contributed by atoms with Crippen LogP contribution in [0, 0.1) is 17.1 Å². The lowest BCUT2D eigenvalue weighted by Gasteiger charge is -2.15. The summed E-state index contributed by atoms with van der Waals surface area (Å²) >= 11 is 3.00. The van der Waals surface area contributed by atoms with Crippen molar-refractivity contribution in [1.82, 2.24) is 0 Å². The smallest absolute Gasteiger partial charge is 0.416 e. The quantitative estimate of drug-likeness (QED) is 0.472. The molecule has 0 saturated carbocycles. The normalized spacial score (nSPS) is 11.7. The van der Waals surface area contributed by atoms with Crippen molar-refractivity contribution in [2.45, 2.75) is 18.0 Å². The zero-order chi connectivity index (χ0) is 20.4. The lowest BCUT2D eigenvalue weighted by molar-refractivity contribution is -0.137. The van der Waals surface area contributed by atoms with Gasteiger partial charge >= 0.3 is 16.3 Å². The summed E-state index contributed by atoms with van der Waals surface area (Å²) < 4.78 is 87.2. The molecule has 0 spiro atoms. The van der Waals surface area contributed by atoms with Gasteiger partial charge in [0.15, 0.2) is 11.5 Å². The van der Waals surface area contributed by atoms with Crippen LogP contribution in [0.3, 0.4) is 0 Å². The number of alkyl halides is 3. The average Bonchev–Trinajstić information content (AvgIpc) is 2.57. The van der Waals surface area contributed by atoms with Crippen LogP contribution in [0.2, 0.25) is 0 Å². The lowest BCUT2D eigenvalue weighted by atomic mass is 10.2. The Hall–Kier alpha value is -2.32. The van der Waals surface area contributed by atoms with E-state index < -0.39 is 38.3 Å². The van der Waals surface area contributed by atoms with Crippen LogP contribution in [-0.2, 0) is 16.3 Å². The van der Waals surface area contributed by atoms with E-state index in [2.05, 4.69) is 15.9 Å². The molecule has 144 valence electrons. The van der Waals surface area contributed by atoms with E-state index in [1.807, 2.05) is 6.07 Å². The van der Waals surface area contributed by atoms with Gasteiger partial charge in [-0.15, -0.1) is 0 Å². The molecule has 2 aromatic carbocycles. The Bertz CT molecular complexity index is 1020. The van der Waals surface area contributed by atoms with Gasteiger partial charge in [0.2, 0.25) is 0 Å². The molecule has 5 nitrogen and oxygen atoms in total. The van der Waals surface area contributed by atoms with Crippen molar-refractivity contribution in [2.24, 2.45) is 0 Å². The molecule has 0 amide bonds. The molecule has 0 aromatic heterocycles. The van der Waals surface area contributed by atoms with E-state index in [1.54, 1.807) is 6.92 Å². The third-order valence-corrected chi connectivity index (χ3v) is 4.99. The summed E-state index contributed by atoms with van der Waals surface area (Å²) in [5, 5.41) is 8.96.